The van der Waals surface area contributed by atoms with E-state index in [-0.39, 0.29) is 6.04 Å². The molecule has 1 aliphatic rings. The normalized spacial score (nSPS) is 18.6. The largest absolute Gasteiger partial charge is 0.384 e. The molecule has 0 spiro atoms. The number of nitrogens with two attached hydrogens (primary N) is 1. The monoisotopic (exact) mass is 426 g/mol. The molecule has 3 heterocycles. The first kappa shape index (κ1) is 20.0. The summed E-state index contributed by atoms with van der Waals surface area (Å²) in [5, 5.41) is 1.07. The number of carbonyl (C=O) groups excluding carboxylic acids is 1. The lowest BCUT2D eigenvalue weighted by Crippen LogP contribution is -2.53. The minimum Gasteiger partial charge on any atom is -0.384 e. The molecule has 3 aromatic rings. The molecule has 1 saturated heterocycles. The summed E-state index contributed by atoms with van der Waals surface area (Å²) in [7, 11) is 0. The number of aldehydes is 1. The van der Waals surface area contributed by atoms with Crippen molar-refractivity contribution in [3.05, 3.63) is 63.3 Å². The molecule has 150 valence electrons. The molecule has 29 heavy (non-hydrogen) atoms. The van der Waals surface area contributed by atoms with E-state index in [9.17, 15) is 4.79 Å². The number of fused-ring (bicyclic) bond motifs is 1. The molecule has 1 fully saturated rings. The average molecular weight is 427 g/mol. The van der Waals surface area contributed by atoms with Gasteiger partial charge < -0.3 is 10.5 Å². The van der Waals surface area contributed by atoms with E-state index in [2.05, 4.69) is 39.1 Å². The first-order valence-electron chi connectivity index (χ1n) is 9.59. The zero-order valence-corrected chi connectivity index (χ0v) is 17.6. The predicted octanol–water partition coefficient (Wildman–Crippen LogP) is 3.93. The summed E-state index contributed by atoms with van der Waals surface area (Å²) < 4.78 is 0.798. The standard InChI is InChI=1S/C22H23ClN4OS/c23-21-7-5-19(29-21)2-1-9-26-10-11-27(18(14-26)15-28)13-16-3-6-20-17(12-16)4-8-22(24)25-20/h1-8,12,15,18H,9-11,13-14H2,(H2,24,25). The molecule has 0 amide bonds. The number of hydrogen-bond donors (Lipinski definition) is 1. The highest BCUT2D eigenvalue weighted by atomic mass is 35.5. The van der Waals surface area contributed by atoms with Crippen LogP contribution in [0.1, 0.15) is 10.4 Å². The quantitative estimate of drug-likeness (QED) is 0.605. The number of piperazine rings is 1. The van der Waals surface area contributed by atoms with Crippen molar-refractivity contribution in [2.75, 3.05) is 31.9 Å². The van der Waals surface area contributed by atoms with Crippen molar-refractivity contribution in [2.24, 2.45) is 0 Å². The number of nitrogens with zero attached hydrogens (tertiary/aromatic N) is 3. The maximum absolute atomic E-state index is 11.7. The Bertz CT molecular complexity index is 1030. The molecule has 1 unspecified atom stereocenters. The second-order valence-corrected chi connectivity index (χ2v) is 8.99. The van der Waals surface area contributed by atoms with Crippen molar-refractivity contribution in [1.82, 2.24) is 14.8 Å². The summed E-state index contributed by atoms with van der Waals surface area (Å²) >= 11 is 7.54. The van der Waals surface area contributed by atoms with Crippen LogP contribution in [-0.2, 0) is 11.3 Å². The maximum atomic E-state index is 11.7. The van der Waals surface area contributed by atoms with Crippen molar-refractivity contribution in [1.29, 1.82) is 0 Å². The number of thiophene rings is 1. The lowest BCUT2D eigenvalue weighted by Gasteiger charge is -2.38. The third-order valence-electron chi connectivity index (χ3n) is 5.18. The van der Waals surface area contributed by atoms with Crippen molar-refractivity contribution >= 4 is 52.0 Å². The van der Waals surface area contributed by atoms with Crippen LogP contribution < -0.4 is 5.73 Å². The smallest absolute Gasteiger partial charge is 0.138 e. The Hall–Kier alpha value is -2.25. The maximum Gasteiger partial charge on any atom is 0.138 e. The lowest BCUT2D eigenvalue weighted by atomic mass is 10.1. The number of aromatic nitrogens is 1. The van der Waals surface area contributed by atoms with Crippen LogP contribution in [0.4, 0.5) is 5.82 Å². The number of rotatable bonds is 6. The minimum atomic E-state index is -0.103. The second-order valence-electron chi connectivity index (χ2n) is 7.24. The van der Waals surface area contributed by atoms with Gasteiger partial charge in [0.1, 0.15) is 12.1 Å². The molecule has 1 aliphatic heterocycles. The fourth-order valence-electron chi connectivity index (χ4n) is 3.66. The number of halogens is 1. The number of nitrogen functional groups attached to an aromatic ring is 1. The highest BCUT2D eigenvalue weighted by Gasteiger charge is 2.26. The van der Waals surface area contributed by atoms with Crippen LogP contribution in [0.2, 0.25) is 4.34 Å². The summed E-state index contributed by atoms with van der Waals surface area (Å²) in [6.45, 7) is 4.12. The molecule has 5 nitrogen and oxygen atoms in total. The van der Waals surface area contributed by atoms with Gasteiger partial charge in [0.25, 0.3) is 0 Å². The SMILES string of the molecule is Nc1ccc2cc(CN3CCN(CC=Cc4ccc(Cl)s4)CC3C=O)ccc2n1. The Morgan fingerprint density at radius 1 is 1.21 bits per heavy atom. The molecule has 1 atom stereocenters. The zero-order chi connectivity index (χ0) is 20.2. The highest BCUT2D eigenvalue weighted by molar-refractivity contribution is 7.16. The molecular weight excluding hydrogens is 404 g/mol. The molecule has 7 heteroatoms. The summed E-state index contributed by atoms with van der Waals surface area (Å²) in [6, 6.07) is 13.8. The van der Waals surface area contributed by atoms with Crippen molar-refractivity contribution in [3.63, 3.8) is 0 Å². The molecule has 0 bridgehead atoms. The molecular formula is C22H23ClN4OS. The van der Waals surface area contributed by atoms with E-state index in [0.717, 1.165) is 59.1 Å². The fourth-order valence-corrected chi connectivity index (χ4v) is 4.65. The second kappa shape index (κ2) is 9.05. The van der Waals surface area contributed by atoms with E-state index in [1.807, 2.05) is 30.3 Å². The van der Waals surface area contributed by atoms with Gasteiger partial charge in [-0.3, -0.25) is 9.80 Å². The molecule has 0 saturated carbocycles. The van der Waals surface area contributed by atoms with E-state index in [0.29, 0.717) is 5.82 Å². The molecule has 0 radical (unpaired) electrons. The van der Waals surface area contributed by atoms with Gasteiger partial charge in [-0.05, 0) is 48.0 Å². The average Bonchev–Trinajstić information content (AvgIpc) is 3.14. The zero-order valence-electron chi connectivity index (χ0n) is 16.0. The van der Waals surface area contributed by atoms with Gasteiger partial charge in [-0.2, -0.15) is 0 Å². The number of hydrogen-bond acceptors (Lipinski definition) is 6. The number of pyridine rings is 1. The van der Waals surface area contributed by atoms with Gasteiger partial charge in [-0.25, -0.2) is 4.98 Å². The first-order chi connectivity index (χ1) is 14.1. The highest BCUT2D eigenvalue weighted by Crippen LogP contribution is 2.23. The summed E-state index contributed by atoms with van der Waals surface area (Å²) in [5.41, 5.74) is 7.83. The van der Waals surface area contributed by atoms with Gasteiger partial charge in [0.05, 0.1) is 15.9 Å². The van der Waals surface area contributed by atoms with E-state index in [4.69, 9.17) is 17.3 Å². The van der Waals surface area contributed by atoms with Crippen LogP contribution in [0.15, 0.2) is 48.5 Å². The fraction of sp³-hybridized carbons (Fsp3) is 0.273. The van der Waals surface area contributed by atoms with Crippen LogP contribution in [0, 0.1) is 0 Å². The number of carbonyl (C=O) groups is 1. The molecule has 1 aromatic carbocycles. The number of anilines is 1. The van der Waals surface area contributed by atoms with E-state index in [1.165, 1.54) is 5.56 Å². The Morgan fingerprint density at radius 3 is 2.90 bits per heavy atom. The van der Waals surface area contributed by atoms with E-state index in [1.54, 1.807) is 11.3 Å². The van der Waals surface area contributed by atoms with Gasteiger partial charge in [0.2, 0.25) is 0 Å². The van der Waals surface area contributed by atoms with Gasteiger partial charge in [-0.1, -0.05) is 23.7 Å². The lowest BCUT2D eigenvalue weighted by molar-refractivity contribution is -0.114. The minimum absolute atomic E-state index is 0.103. The molecule has 2 aromatic heterocycles. The van der Waals surface area contributed by atoms with Crippen molar-refractivity contribution in [3.8, 4) is 0 Å². The predicted molar refractivity (Wildman–Crippen MR) is 121 cm³/mol. The third-order valence-corrected chi connectivity index (χ3v) is 6.37. The van der Waals surface area contributed by atoms with Gasteiger partial charge in [-0.15, -0.1) is 11.3 Å². The summed E-state index contributed by atoms with van der Waals surface area (Å²) in [4.78, 5) is 21.8. The van der Waals surface area contributed by atoms with Crippen LogP contribution >= 0.6 is 22.9 Å². The number of benzene rings is 1. The summed E-state index contributed by atoms with van der Waals surface area (Å²) in [6.07, 6.45) is 5.30. The Balaban J connectivity index is 1.36. The van der Waals surface area contributed by atoms with E-state index >= 15 is 0 Å². The van der Waals surface area contributed by atoms with Gasteiger partial charge >= 0.3 is 0 Å². The molecule has 4 rings (SSSR count). The van der Waals surface area contributed by atoms with Crippen LogP contribution in [0.3, 0.4) is 0 Å². The van der Waals surface area contributed by atoms with Crippen LogP contribution in [0.25, 0.3) is 17.0 Å². The van der Waals surface area contributed by atoms with Crippen LogP contribution in [0.5, 0.6) is 0 Å². The molecule has 0 aliphatic carbocycles. The van der Waals surface area contributed by atoms with Gasteiger partial charge in [0, 0.05) is 43.0 Å². The van der Waals surface area contributed by atoms with Crippen molar-refractivity contribution in [2.45, 2.75) is 12.6 Å². The Morgan fingerprint density at radius 2 is 2.10 bits per heavy atom. The Labute approximate surface area is 179 Å². The van der Waals surface area contributed by atoms with Crippen molar-refractivity contribution < 1.29 is 4.79 Å². The first-order valence-corrected chi connectivity index (χ1v) is 10.8. The third kappa shape index (κ3) is 5.03. The molecule has 2 N–H and O–H groups in total. The Kier molecular flexibility index (Phi) is 6.25. The topological polar surface area (TPSA) is 62.5 Å². The summed E-state index contributed by atoms with van der Waals surface area (Å²) in [5.74, 6) is 0.526. The van der Waals surface area contributed by atoms with Gasteiger partial charge in [0.15, 0.2) is 0 Å². The van der Waals surface area contributed by atoms with E-state index < -0.39 is 0 Å². The van der Waals surface area contributed by atoms with Crippen LogP contribution in [-0.4, -0.2) is 53.3 Å².